The SMILES string of the molecule is OCCC[C@H](O)[C@@H]1C=CCCC1. The van der Waals surface area contributed by atoms with E-state index in [-0.39, 0.29) is 12.7 Å². The van der Waals surface area contributed by atoms with Crippen LogP contribution in [0.25, 0.3) is 0 Å². The number of rotatable bonds is 4. The van der Waals surface area contributed by atoms with E-state index in [1.54, 1.807) is 0 Å². The minimum absolute atomic E-state index is 0.188. The van der Waals surface area contributed by atoms with Crippen LogP contribution < -0.4 is 0 Å². The second-order valence-electron chi connectivity index (χ2n) is 3.46. The smallest absolute Gasteiger partial charge is 0.0603 e. The van der Waals surface area contributed by atoms with E-state index in [1.165, 1.54) is 6.42 Å². The molecule has 12 heavy (non-hydrogen) atoms. The molecule has 0 spiro atoms. The van der Waals surface area contributed by atoms with Gasteiger partial charge in [0.05, 0.1) is 6.10 Å². The minimum atomic E-state index is -0.242. The van der Waals surface area contributed by atoms with Gasteiger partial charge in [-0.1, -0.05) is 12.2 Å². The van der Waals surface area contributed by atoms with E-state index in [0.717, 1.165) is 19.3 Å². The van der Waals surface area contributed by atoms with E-state index in [1.807, 2.05) is 0 Å². The van der Waals surface area contributed by atoms with Crippen LogP contribution in [0.5, 0.6) is 0 Å². The molecule has 0 amide bonds. The average molecular weight is 170 g/mol. The van der Waals surface area contributed by atoms with Crippen molar-refractivity contribution in [3.05, 3.63) is 12.2 Å². The first-order valence-electron chi connectivity index (χ1n) is 4.80. The fourth-order valence-electron chi connectivity index (χ4n) is 1.67. The molecule has 2 heteroatoms. The molecule has 0 saturated heterocycles. The van der Waals surface area contributed by atoms with Crippen molar-refractivity contribution in [2.75, 3.05) is 6.61 Å². The van der Waals surface area contributed by atoms with Crippen LogP contribution in [0, 0.1) is 5.92 Å². The van der Waals surface area contributed by atoms with Gasteiger partial charge in [-0.2, -0.15) is 0 Å². The Kier molecular flexibility index (Phi) is 4.33. The van der Waals surface area contributed by atoms with E-state index >= 15 is 0 Å². The highest BCUT2D eigenvalue weighted by atomic mass is 16.3. The van der Waals surface area contributed by atoms with Crippen molar-refractivity contribution in [1.82, 2.24) is 0 Å². The zero-order valence-electron chi connectivity index (χ0n) is 7.45. The number of aliphatic hydroxyl groups is 2. The summed E-state index contributed by atoms with van der Waals surface area (Å²) < 4.78 is 0. The van der Waals surface area contributed by atoms with Gasteiger partial charge in [-0.05, 0) is 32.1 Å². The minimum Gasteiger partial charge on any atom is -0.396 e. The van der Waals surface area contributed by atoms with Crippen molar-refractivity contribution < 1.29 is 10.2 Å². The Hall–Kier alpha value is -0.340. The van der Waals surface area contributed by atoms with Crippen molar-refractivity contribution in [2.45, 2.75) is 38.2 Å². The van der Waals surface area contributed by atoms with Gasteiger partial charge in [-0.15, -0.1) is 0 Å². The third-order valence-corrected chi connectivity index (χ3v) is 2.44. The van der Waals surface area contributed by atoms with Crippen LogP contribution in [-0.4, -0.2) is 22.9 Å². The van der Waals surface area contributed by atoms with Gasteiger partial charge < -0.3 is 10.2 Å². The molecule has 2 N–H and O–H groups in total. The van der Waals surface area contributed by atoms with Crippen LogP contribution in [0.2, 0.25) is 0 Å². The highest BCUT2D eigenvalue weighted by molar-refractivity contribution is 4.95. The summed E-state index contributed by atoms with van der Waals surface area (Å²) >= 11 is 0. The molecule has 0 bridgehead atoms. The predicted octanol–water partition coefficient (Wildman–Crippen LogP) is 1.48. The van der Waals surface area contributed by atoms with Crippen LogP contribution in [0.3, 0.4) is 0 Å². The Bertz CT molecular complexity index is 143. The second-order valence-corrected chi connectivity index (χ2v) is 3.46. The topological polar surface area (TPSA) is 40.5 Å². The Morgan fingerprint density at radius 3 is 2.92 bits per heavy atom. The first kappa shape index (κ1) is 9.75. The van der Waals surface area contributed by atoms with E-state index in [2.05, 4.69) is 12.2 Å². The molecule has 1 rings (SSSR count). The molecule has 0 unspecified atom stereocenters. The maximum absolute atomic E-state index is 9.64. The molecule has 2 nitrogen and oxygen atoms in total. The average Bonchev–Trinajstić information content (AvgIpc) is 2.15. The van der Waals surface area contributed by atoms with Crippen molar-refractivity contribution in [2.24, 2.45) is 5.92 Å². The van der Waals surface area contributed by atoms with Gasteiger partial charge in [0, 0.05) is 12.5 Å². The number of aliphatic hydroxyl groups excluding tert-OH is 2. The largest absolute Gasteiger partial charge is 0.396 e. The van der Waals surface area contributed by atoms with Gasteiger partial charge in [-0.3, -0.25) is 0 Å². The summed E-state index contributed by atoms with van der Waals surface area (Å²) in [5.74, 6) is 0.338. The summed E-state index contributed by atoms with van der Waals surface area (Å²) in [4.78, 5) is 0. The number of hydrogen-bond donors (Lipinski definition) is 2. The van der Waals surface area contributed by atoms with Gasteiger partial charge >= 0.3 is 0 Å². The summed E-state index contributed by atoms with van der Waals surface area (Å²) in [5, 5.41) is 18.2. The Morgan fingerprint density at radius 2 is 2.33 bits per heavy atom. The third-order valence-electron chi connectivity index (χ3n) is 2.44. The molecule has 1 aliphatic rings. The first-order valence-corrected chi connectivity index (χ1v) is 4.80. The molecular formula is C10H18O2. The van der Waals surface area contributed by atoms with Crippen LogP contribution in [0.15, 0.2) is 12.2 Å². The Balaban J connectivity index is 2.25. The summed E-state index contributed by atoms with van der Waals surface area (Å²) in [5.41, 5.74) is 0. The van der Waals surface area contributed by atoms with Crippen LogP contribution in [0.1, 0.15) is 32.1 Å². The molecule has 0 aliphatic heterocycles. The van der Waals surface area contributed by atoms with Crippen LogP contribution >= 0.6 is 0 Å². The zero-order valence-corrected chi connectivity index (χ0v) is 7.45. The van der Waals surface area contributed by atoms with E-state index in [4.69, 9.17) is 5.11 Å². The van der Waals surface area contributed by atoms with Gasteiger partial charge in [0.15, 0.2) is 0 Å². The highest BCUT2D eigenvalue weighted by Crippen LogP contribution is 2.22. The lowest BCUT2D eigenvalue weighted by Gasteiger charge is -2.21. The fourth-order valence-corrected chi connectivity index (χ4v) is 1.67. The fraction of sp³-hybridized carbons (Fsp3) is 0.800. The molecule has 1 aliphatic carbocycles. The summed E-state index contributed by atoms with van der Waals surface area (Å²) in [6, 6.07) is 0. The van der Waals surface area contributed by atoms with Gasteiger partial charge in [0.25, 0.3) is 0 Å². The normalized spacial score (nSPS) is 25.7. The monoisotopic (exact) mass is 170 g/mol. The van der Waals surface area contributed by atoms with Gasteiger partial charge in [0.1, 0.15) is 0 Å². The molecule has 70 valence electrons. The summed E-state index contributed by atoms with van der Waals surface area (Å²) in [6.07, 6.45) is 8.91. The molecule has 0 aromatic heterocycles. The molecule has 0 saturated carbocycles. The lowest BCUT2D eigenvalue weighted by Crippen LogP contribution is -2.20. The maximum atomic E-state index is 9.64. The summed E-state index contributed by atoms with van der Waals surface area (Å²) in [7, 11) is 0. The zero-order chi connectivity index (χ0) is 8.81. The Labute approximate surface area is 73.9 Å². The molecule has 0 radical (unpaired) electrons. The molecule has 2 atom stereocenters. The summed E-state index contributed by atoms with van der Waals surface area (Å²) in [6.45, 7) is 0.188. The second kappa shape index (κ2) is 5.33. The number of allylic oxidation sites excluding steroid dienone is 1. The first-order chi connectivity index (χ1) is 5.84. The lowest BCUT2D eigenvalue weighted by atomic mass is 9.89. The third kappa shape index (κ3) is 2.95. The van der Waals surface area contributed by atoms with Gasteiger partial charge in [-0.25, -0.2) is 0 Å². The standard InChI is InChI=1S/C10H18O2/c11-8-4-7-10(12)9-5-2-1-3-6-9/h2,5,9-12H,1,3-4,6-8H2/t9-,10+/m1/s1. The highest BCUT2D eigenvalue weighted by Gasteiger charge is 2.17. The molecule has 0 fully saturated rings. The number of hydrogen-bond acceptors (Lipinski definition) is 2. The van der Waals surface area contributed by atoms with Crippen molar-refractivity contribution in [1.29, 1.82) is 0 Å². The van der Waals surface area contributed by atoms with E-state index < -0.39 is 0 Å². The van der Waals surface area contributed by atoms with Crippen molar-refractivity contribution in [3.63, 3.8) is 0 Å². The lowest BCUT2D eigenvalue weighted by molar-refractivity contribution is 0.104. The van der Waals surface area contributed by atoms with Crippen LogP contribution in [0.4, 0.5) is 0 Å². The Morgan fingerprint density at radius 1 is 1.50 bits per heavy atom. The molecule has 0 aromatic carbocycles. The quantitative estimate of drug-likeness (QED) is 0.627. The van der Waals surface area contributed by atoms with Crippen LogP contribution in [-0.2, 0) is 0 Å². The van der Waals surface area contributed by atoms with Gasteiger partial charge in [0.2, 0.25) is 0 Å². The molecular weight excluding hydrogens is 152 g/mol. The van der Waals surface area contributed by atoms with Crippen molar-refractivity contribution in [3.8, 4) is 0 Å². The van der Waals surface area contributed by atoms with Crippen molar-refractivity contribution >= 4 is 0 Å². The molecule has 0 aromatic rings. The predicted molar refractivity (Wildman–Crippen MR) is 48.8 cm³/mol. The molecule has 0 heterocycles. The van der Waals surface area contributed by atoms with E-state index in [9.17, 15) is 5.11 Å². The maximum Gasteiger partial charge on any atom is 0.0603 e. The van der Waals surface area contributed by atoms with E-state index in [0.29, 0.717) is 12.3 Å².